The number of carboxylic acids is 1. The van der Waals surface area contributed by atoms with Crippen LogP contribution in [0.1, 0.15) is 95.9 Å². The number of allylic oxidation sites excluding steroid dienone is 4. The van der Waals surface area contributed by atoms with Crippen LogP contribution in [0.5, 0.6) is 0 Å². The minimum atomic E-state index is -0.908. The van der Waals surface area contributed by atoms with Crippen molar-refractivity contribution in [2.45, 2.75) is 90.9 Å². The SMILES string of the molecule is CCCCCc1cc2c(cc1/C=C/C=C/C(C)=C/C(=O)O)C(C)(C)CCC2(C)C. The van der Waals surface area contributed by atoms with E-state index < -0.39 is 5.97 Å². The van der Waals surface area contributed by atoms with Crippen molar-refractivity contribution < 1.29 is 9.90 Å². The van der Waals surface area contributed by atoms with E-state index in [1.54, 1.807) is 6.92 Å². The van der Waals surface area contributed by atoms with E-state index >= 15 is 0 Å². The minimum absolute atomic E-state index is 0.200. The first-order valence-corrected chi connectivity index (χ1v) is 11.0. The Morgan fingerprint density at radius 1 is 1.03 bits per heavy atom. The maximum atomic E-state index is 10.8. The summed E-state index contributed by atoms with van der Waals surface area (Å²) >= 11 is 0. The molecule has 0 radical (unpaired) electrons. The van der Waals surface area contributed by atoms with Gasteiger partial charge in [-0.25, -0.2) is 4.79 Å². The molecule has 0 bridgehead atoms. The molecule has 2 rings (SSSR count). The van der Waals surface area contributed by atoms with Crippen LogP contribution in [-0.4, -0.2) is 11.1 Å². The van der Waals surface area contributed by atoms with E-state index in [2.05, 4.69) is 52.8 Å². The highest BCUT2D eigenvalue weighted by Crippen LogP contribution is 2.46. The number of aliphatic carboxylic acids is 1. The van der Waals surface area contributed by atoms with Crippen LogP contribution in [0.2, 0.25) is 0 Å². The fourth-order valence-corrected chi connectivity index (χ4v) is 4.22. The summed E-state index contributed by atoms with van der Waals surface area (Å²) < 4.78 is 0. The van der Waals surface area contributed by atoms with Crippen molar-refractivity contribution in [2.24, 2.45) is 0 Å². The predicted octanol–water partition coefficient (Wildman–Crippen LogP) is 7.37. The molecule has 1 aliphatic rings. The molecule has 0 spiro atoms. The van der Waals surface area contributed by atoms with Gasteiger partial charge in [-0.15, -0.1) is 0 Å². The number of hydrogen-bond donors (Lipinski definition) is 1. The fraction of sp³-hybridized carbons (Fsp3) is 0.519. The van der Waals surface area contributed by atoms with Crippen molar-refractivity contribution in [2.75, 3.05) is 0 Å². The summed E-state index contributed by atoms with van der Waals surface area (Å²) in [5.74, 6) is -0.908. The Hall–Kier alpha value is -2.09. The summed E-state index contributed by atoms with van der Waals surface area (Å²) in [6, 6.07) is 4.90. The summed E-state index contributed by atoms with van der Waals surface area (Å²) in [7, 11) is 0. The van der Waals surface area contributed by atoms with E-state index in [0.717, 1.165) is 12.0 Å². The van der Waals surface area contributed by atoms with Crippen LogP contribution in [0.3, 0.4) is 0 Å². The predicted molar refractivity (Wildman–Crippen MR) is 125 cm³/mol. The Balaban J connectivity index is 2.42. The molecular weight excluding hydrogens is 356 g/mol. The Morgan fingerprint density at radius 2 is 1.66 bits per heavy atom. The second-order valence-electron chi connectivity index (χ2n) is 9.77. The molecule has 2 nitrogen and oxygen atoms in total. The van der Waals surface area contributed by atoms with Crippen molar-refractivity contribution in [1.82, 2.24) is 0 Å². The molecule has 0 heterocycles. The van der Waals surface area contributed by atoms with E-state index in [4.69, 9.17) is 5.11 Å². The van der Waals surface area contributed by atoms with Crippen molar-refractivity contribution in [3.8, 4) is 0 Å². The van der Waals surface area contributed by atoms with Gasteiger partial charge in [0.25, 0.3) is 0 Å². The lowest BCUT2D eigenvalue weighted by atomic mass is 9.62. The van der Waals surface area contributed by atoms with Crippen molar-refractivity contribution in [3.63, 3.8) is 0 Å². The van der Waals surface area contributed by atoms with E-state index in [0.29, 0.717) is 0 Å². The summed E-state index contributed by atoms with van der Waals surface area (Å²) in [6.07, 6.45) is 16.5. The molecule has 1 N–H and O–H groups in total. The number of carbonyl (C=O) groups is 1. The lowest BCUT2D eigenvalue weighted by Crippen LogP contribution is -2.34. The van der Waals surface area contributed by atoms with E-state index in [-0.39, 0.29) is 10.8 Å². The Morgan fingerprint density at radius 3 is 2.24 bits per heavy atom. The first kappa shape index (κ1) is 23.2. The fourth-order valence-electron chi connectivity index (χ4n) is 4.22. The van der Waals surface area contributed by atoms with Gasteiger partial charge in [-0.1, -0.05) is 83.9 Å². The number of aryl methyl sites for hydroxylation is 1. The maximum Gasteiger partial charge on any atom is 0.328 e. The van der Waals surface area contributed by atoms with Crippen LogP contribution in [0.15, 0.2) is 42.0 Å². The standard InChI is InChI=1S/C27H38O2/c1-7-8-9-13-21-18-23-24(27(5,6)16-15-26(23,3)4)19-22(21)14-11-10-12-20(2)17-25(28)29/h10-12,14,17-19H,7-9,13,15-16H2,1-6H3,(H,28,29)/b12-10+,14-11+,20-17+. The quantitative estimate of drug-likeness (QED) is 0.284. The largest absolute Gasteiger partial charge is 0.478 e. The molecule has 0 saturated heterocycles. The number of carboxylic acid groups (broad SMARTS) is 1. The van der Waals surface area contributed by atoms with Crippen molar-refractivity contribution >= 4 is 12.0 Å². The first-order valence-electron chi connectivity index (χ1n) is 11.0. The van der Waals surface area contributed by atoms with Gasteiger partial charge in [0.15, 0.2) is 0 Å². The van der Waals surface area contributed by atoms with Crippen LogP contribution in [0.25, 0.3) is 6.08 Å². The molecule has 0 aliphatic heterocycles. The second kappa shape index (κ2) is 9.61. The van der Waals surface area contributed by atoms with E-state index in [9.17, 15) is 4.79 Å². The second-order valence-corrected chi connectivity index (χ2v) is 9.77. The highest BCUT2D eigenvalue weighted by molar-refractivity contribution is 5.81. The number of unbranched alkanes of at least 4 members (excludes halogenated alkanes) is 2. The molecule has 0 atom stereocenters. The number of benzene rings is 1. The van der Waals surface area contributed by atoms with Gasteiger partial charge in [-0.3, -0.25) is 0 Å². The average molecular weight is 395 g/mol. The van der Waals surface area contributed by atoms with Gasteiger partial charge in [0.2, 0.25) is 0 Å². The van der Waals surface area contributed by atoms with E-state index in [1.165, 1.54) is 60.4 Å². The van der Waals surface area contributed by atoms with Gasteiger partial charge in [-0.2, -0.15) is 0 Å². The molecule has 0 aromatic heterocycles. The molecule has 158 valence electrons. The highest BCUT2D eigenvalue weighted by Gasteiger charge is 2.37. The third-order valence-corrected chi connectivity index (χ3v) is 6.26. The molecule has 1 aromatic carbocycles. The zero-order chi connectivity index (χ0) is 21.7. The Bertz CT molecular complexity index is 819. The molecule has 0 saturated carbocycles. The first-order chi connectivity index (χ1) is 13.6. The zero-order valence-corrected chi connectivity index (χ0v) is 19.1. The molecule has 0 unspecified atom stereocenters. The van der Waals surface area contributed by atoms with E-state index in [1.807, 2.05) is 18.2 Å². The molecule has 1 aromatic rings. The van der Waals surface area contributed by atoms with Crippen molar-refractivity contribution in [1.29, 1.82) is 0 Å². The van der Waals surface area contributed by atoms with Crippen LogP contribution in [0, 0.1) is 0 Å². The normalized spacial score (nSPS) is 18.3. The summed E-state index contributed by atoms with van der Waals surface area (Å²) in [6.45, 7) is 13.5. The van der Waals surface area contributed by atoms with Gasteiger partial charge in [-0.05, 0) is 71.3 Å². The smallest absolute Gasteiger partial charge is 0.328 e. The van der Waals surface area contributed by atoms with Gasteiger partial charge >= 0.3 is 5.97 Å². The van der Waals surface area contributed by atoms with Crippen LogP contribution in [0.4, 0.5) is 0 Å². The Kier molecular flexibility index (Phi) is 7.68. The molecule has 1 aliphatic carbocycles. The highest BCUT2D eigenvalue weighted by atomic mass is 16.4. The lowest BCUT2D eigenvalue weighted by Gasteiger charge is -2.42. The molecule has 2 heteroatoms. The van der Waals surface area contributed by atoms with Crippen molar-refractivity contribution in [3.05, 3.63) is 64.3 Å². The van der Waals surface area contributed by atoms with Gasteiger partial charge in [0, 0.05) is 6.08 Å². The van der Waals surface area contributed by atoms with Crippen LogP contribution >= 0.6 is 0 Å². The summed E-state index contributed by atoms with van der Waals surface area (Å²) in [5.41, 5.74) is 6.91. The molecule has 0 fully saturated rings. The van der Waals surface area contributed by atoms with Gasteiger partial charge in [0.05, 0.1) is 0 Å². The maximum absolute atomic E-state index is 10.8. The van der Waals surface area contributed by atoms with Crippen LogP contribution < -0.4 is 0 Å². The molecule has 29 heavy (non-hydrogen) atoms. The average Bonchev–Trinajstić information content (AvgIpc) is 2.62. The number of hydrogen-bond acceptors (Lipinski definition) is 1. The zero-order valence-electron chi connectivity index (χ0n) is 19.1. The monoisotopic (exact) mass is 394 g/mol. The topological polar surface area (TPSA) is 37.3 Å². The lowest BCUT2D eigenvalue weighted by molar-refractivity contribution is -0.131. The molecular formula is C27H38O2. The third-order valence-electron chi connectivity index (χ3n) is 6.26. The third kappa shape index (κ3) is 6.19. The molecule has 0 amide bonds. The summed E-state index contributed by atoms with van der Waals surface area (Å²) in [5, 5.41) is 8.83. The number of rotatable bonds is 8. The minimum Gasteiger partial charge on any atom is -0.478 e. The Labute approximate surface area is 177 Å². The van der Waals surface area contributed by atoms with Gasteiger partial charge < -0.3 is 5.11 Å². The van der Waals surface area contributed by atoms with Crippen LogP contribution in [-0.2, 0) is 22.0 Å². The van der Waals surface area contributed by atoms with Gasteiger partial charge in [0.1, 0.15) is 0 Å². The number of fused-ring (bicyclic) bond motifs is 1. The summed E-state index contributed by atoms with van der Waals surface area (Å²) in [4.78, 5) is 10.8.